The highest BCUT2D eigenvalue weighted by molar-refractivity contribution is 6.35. The van der Waals surface area contributed by atoms with E-state index in [0.717, 1.165) is 5.56 Å². The van der Waals surface area contributed by atoms with Crippen molar-refractivity contribution in [2.45, 2.75) is 12.6 Å². The predicted octanol–water partition coefficient (Wildman–Crippen LogP) is 1.38. The lowest BCUT2D eigenvalue weighted by molar-refractivity contribution is -0.146. The van der Waals surface area contributed by atoms with E-state index in [2.05, 4.69) is 5.32 Å². The number of carbonyl (C=O) groups excluding carboxylic acids is 1. The highest BCUT2D eigenvalue weighted by atomic mass is 35.5. The van der Waals surface area contributed by atoms with Crippen molar-refractivity contribution >= 4 is 35.1 Å². The number of carboxylic acids is 1. The lowest BCUT2D eigenvalue weighted by Gasteiger charge is -2.32. The van der Waals surface area contributed by atoms with Gasteiger partial charge in [0.25, 0.3) is 0 Å². The SMILES string of the molecule is O=C1CN(Cc2ccc(Cl)cc2Cl)C(C(=O)O)CN1. The van der Waals surface area contributed by atoms with E-state index >= 15 is 0 Å². The zero-order valence-electron chi connectivity index (χ0n) is 9.90. The number of piperazine rings is 1. The summed E-state index contributed by atoms with van der Waals surface area (Å²) in [5.74, 6) is -1.16. The molecule has 1 saturated heterocycles. The van der Waals surface area contributed by atoms with Gasteiger partial charge in [-0.05, 0) is 17.7 Å². The fraction of sp³-hybridized carbons (Fsp3) is 0.333. The van der Waals surface area contributed by atoms with Crippen molar-refractivity contribution in [3.8, 4) is 0 Å². The third kappa shape index (κ3) is 3.37. The van der Waals surface area contributed by atoms with Crippen LogP contribution in [-0.2, 0) is 16.1 Å². The van der Waals surface area contributed by atoms with E-state index in [1.807, 2.05) is 0 Å². The van der Waals surface area contributed by atoms with Crippen LogP contribution >= 0.6 is 23.2 Å². The highest BCUT2D eigenvalue weighted by Crippen LogP contribution is 2.23. The molecule has 0 saturated carbocycles. The Kier molecular flexibility index (Phi) is 4.29. The number of nitrogens with zero attached hydrogens (tertiary/aromatic N) is 1. The van der Waals surface area contributed by atoms with Gasteiger partial charge in [0.15, 0.2) is 0 Å². The summed E-state index contributed by atoms with van der Waals surface area (Å²) >= 11 is 11.9. The van der Waals surface area contributed by atoms with Crippen LogP contribution in [0, 0.1) is 0 Å². The fourth-order valence-corrected chi connectivity index (χ4v) is 2.44. The quantitative estimate of drug-likeness (QED) is 0.885. The smallest absolute Gasteiger partial charge is 0.322 e. The van der Waals surface area contributed by atoms with Crippen molar-refractivity contribution in [1.82, 2.24) is 10.2 Å². The molecule has 102 valence electrons. The number of aliphatic carboxylic acids is 1. The van der Waals surface area contributed by atoms with E-state index in [1.165, 1.54) is 0 Å². The Bertz CT molecular complexity index is 522. The van der Waals surface area contributed by atoms with Crippen LogP contribution in [0.5, 0.6) is 0 Å². The molecule has 1 aromatic rings. The van der Waals surface area contributed by atoms with Crippen LogP contribution in [0.4, 0.5) is 0 Å². The minimum atomic E-state index is -0.968. The highest BCUT2D eigenvalue weighted by Gasteiger charge is 2.31. The summed E-state index contributed by atoms with van der Waals surface area (Å²) in [6.45, 7) is 0.426. The van der Waals surface area contributed by atoms with Gasteiger partial charge >= 0.3 is 5.97 Å². The zero-order valence-corrected chi connectivity index (χ0v) is 11.4. The van der Waals surface area contributed by atoms with E-state index in [1.54, 1.807) is 23.1 Å². The Balaban J connectivity index is 2.18. The Labute approximate surface area is 120 Å². The van der Waals surface area contributed by atoms with Crippen LogP contribution in [0.1, 0.15) is 5.56 Å². The molecular weight excluding hydrogens is 291 g/mol. The van der Waals surface area contributed by atoms with E-state index in [-0.39, 0.29) is 19.0 Å². The van der Waals surface area contributed by atoms with Crippen LogP contribution < -0.4 is 5.32 Å². The van der Waals surface area contributed by atoms with Gasteiger partial charge in [-0.3, -0.25) is 14.5 Å². The minimum Gasteiger partial charge on any atom is -0.480 e. The third-order valence-electron chi connectivity index (χ3n) is 2.95. The van der Waals surface area contributed by atoms with Gasteiger partial charge in [-0.1, -0.05) is 29.3 Å². The molecule has 0 aromatic heterocycles. The maximum Gasteiger partial charge on any atom is 0.322 e. The van der Waals surface area contributed by atoms with Crippen LogP contribution in [0.25, 0.3) is 0 Å². The molecule has 0 spiro atoms. The number of rotatable bonds is 3. The molecule has 1 fully saturated rings. The minimum absolute atomic E-state index is 0.0376. The molecule has 1 aromatic carbocycles. The summed E-state index contributed by atoms with van der Waals surface area (Å²) in [5.41, 5.74) is 0.743. The monoisotopic (exact) mass is 302 g/mol. The van der Waals surface area contributed by atoms with Crippen molar-refractivity contribution in [3.63, 3.8) is 0 Å². The number of hydrogen-bond acceptors (Lipinski definition) is 3. The third-order valence-corrected chi connectivity index (χ3v) is 3.54. The molecule has 0 aliphatic carbocycles. The van der Waals surface area contributed by atoms with E-state index < -0.39 is 12.0 Å². The maximum absolute atomic E-state index is 11.4. The fourth-order valence-electron chi connectivity index (χ4n) is 1.97. The van der Waals surface area contributed by atoms with Gasteiger partial charge in [-0.2, -0.15) is 0 Å². The molecule has 1 atom stereocenters. The van der Waals surface area contributed by atoms with Gasteiger partial charge in [-0.25, -0.2) is 0 Å². The summed E-state index contributed by atoms with van der Waals surface area (Å²) in [6, 6.07) is 4.26. The first-order valence-electron chi connectivity index (χ1n) is 5.65. The molecule has 1 unspecified atom stereocenters. The van der Waals surface area contributed by atoms with Crippen LogP contribution in [0.3, 0.4) is 0 Å². The lowest BCUT2D eigenvalue weighted by atomic mass is 10.1. The zero-order chi connectivity index (χ0) is 14.0. The molecule has 1 heterocycles. The standard InChI is InChI=1S/C12H12Cl2N2O3/c13-8-2-1-7(9(14)3-8)5-16-6-11(17)15-4-10(16)12(18)19/h1-3,10H,4-6H2,(H,15,17)(H,18,19). The van der Waals surface area contributed by atoms with Gasteiger partial charge in [0, 0.05) is 23.1 Å². The van der Waals surface area contributed by atoms with Gasteiger partial charge in [0.1, 0.15) is 6.04 Å². The van der Waals surface area contributed by atoms with Crippen molar-refractivity contribution < 1.29 is 14.7 Å². The Morgan fingerprint density at radius 3 is 2.84 bits per heavy atom. The molecule has 1 aliphatic heterocycles. The number of amides is 1. The molecule has 0 radical (unpaired) electrons. The predicted molar refractivity (Wildman–Crippen MR) is 71.3 cm³/mol. The molecule has 0 bridgehead atoms. The van der Waals surface area contributed by atoms with Gasteiger partial charge in [0.2, 0.25) is 5.91 Å². The summed E-state index contributed by atoms with van der Waals surface area (Å²) in [4.78, 5) is 24.1. The van der Waals surface area contributed by atoms with Gasteiger partial charge in [0.05, 0.1) is 6.54 Å². The van der Waals surface area contributed by atoms with Crippen LogP contribution in [0.2, 0.25) is 10.0 Å². The summed E-state index contributed by atoms with van der Waals surface area (Å²) in [5, 5.41) is 12.7. The topological polar surface area (TPSA) is 69.6 Å². The van der Waals surface area contributed by atoms with Crippen molar-refractivity contribution in [3.05, 3.63) is 33.8 Å². The molecule has 1 aliphatic rings. The first-order valence-corrected chi connectivity index (χ1v) is 6.40. The van der Waals surface area contributed by atoms with E-state index in [0.29, 0.717) is 16.6 Å². The van der Waals surface area contributed by atoms with E-state index in [9.17, 15) is 9.59 Å². The molecule has 5 nitrogen and oxygen atoms in total. The van der Waals surface area contributed by atoms with Gasteiger partial charge < -0.3 is 10.4 Å². The van der Waals surface area contributed by atoms with Crippen LogP contribution in [0.15, 0.2) is 18.2 Å². The van der Waals surface area contributed by atoms with Crippen molar-refractivity contribution in [2.24, 2.45) is 0 Å². The maximum atomic E-state index is 11.4. The molecule has 1 amide bonds. The van der Waals surface area contributed by atoms with Crippen molar-refractivity contribution in [2.75, 3.05) is 13.1 Å². The molecule has 2 rings (SSSR count). The molecule has 7 heteroatoms. The Hall–Kier alpha value is -1.30. The number of benzene rings is 1. The molecule has 2 N–H and O–H groups in total. The van der Waals surface area contributed by atoms with Crippen LogP contribution in [-0.4, -0.2) is 41.0 Å². The first-order chi connectivity index (χ1) is 8.97. The molecular formula is C12H12Cl2N2O3. The summed E-state index contributed by atoms with van der Waals surface area (Å²) < 4.78 is 0. The van der Waals surface area contributed by atoms with Crippen molar-refractivity contribution in [1.29, 1.82) is 0 Å². The number of halogens is 2. The second-order valence-corrected chi connectivity index (χ2v) is 5.14. The first kappa shape index (κ1) is 14.1. The Morgan fingerprint density at radius 1 is 1.47 bits per heavy atom. The normalized spacial score (nSPS) is 20.1. The number of carbonyl (C=O) groups is 2. The Morgan fingerprint density at radius 2 is 2.21 bits per heavy atom. The second-order valence-electron chi connectivity index (χ2n) is 4.30. The average molecular weight is 303 g/mol. The summed E-state index contributed by atoms with van der Waals surface area (Å²) in [6.07, 6.45) is 0. The number of hydrogen-bond donors (Lipinski definition) is 2. The largest absolute Gasteiger partial charge is 0.480 e. The van der Waals surface area contributed by atoms with Gasteiger partial charge in [-0.15, -0.1) is 0 Å². The van der Waals surface area contributed by atoms with E-state index in [4.69, 9.17) is 28.3 Å². The average Bonchev–Trinajstić information content (AvgIpc) is 2.32. The number of nitrogens with one attached hydrogen (secondary N) is 1. The molecule has 19 heavy (non-hydrogen) atoms. The second kappa shape index (κ2) is 5.77. The summed E-state index contributed by atoms with van der Waals surface area (Å²) in [7, 11) is 0. The lowest BCUT2D eigenvalue weighted by Crippen LogP contribution is -2.56. The number of carboxylic acid groups (broad SMARTS) is 1.